The normalized spacial score (nSPS) is 49.6. The average Bonchev–Trinajstić information content (AvgIpc) is 2.74. The van der Waals surface area contributed by atoms with Crippen molar-refractivity contribution in [2.45, 2.75) is 91.6 Å². The Labute approximate surface area is 212 Å². The molecule has 0 aromatic carbocycles. The van der Waals surface area contributed by atoms with Crippen molar-refractivity contribution in [2.24, 2.45) is 51.2 Å². The van der Waals surface area contributed by atoms with Crippen molar-refractivity contribution in [3.8, 4) is 0 Å². The molecule has 5 aliphatic rings. The van der Waals surface area contributed by atoms with E-state index in [0.717, 1.165) is 5.57 Å². The number of carbonyl (C=O) groups excluding carboxylic acids is 2. The number of aliphatic hydroxyl groups is 1. The van der Waals surface area contributed by atoms with Gasteiger partial charge in [0.1, 0.15) is 11.6 Å². The molecule has 9 atom stereocenters. The molecule has 4 fully saturated rings. The highest BCUT2D eigenvalue weighted by molar-refractivity contribution is 5.95. The summed E-state index contributed by atoms with van der Waals surface area (Å²) in [6.45, 7) is 9.65. The van der Waals surface area contributed by atoms with E-state index in [0.29, 0.717) is 38.5 Å². The van der Waals surface area contributed by atoms with E-state index in [1.165, 1.54) is 6.92 Å². The Hall–Kier alpha value is -2.02. The molecule has 3 N–H and O–H groups in total. The molecule has 7 nitrogen and oxygen atoms in total. The van der Waals surface area contributed by atoms with Crippen molar-refractivity contribution in [2.75, 3.05) is 0 Å². The van der Waals surface area contributed by atoms with Gasteiger partial charge in [-0.2, -0.15) is 0 Å². The van der Waals surface area contributed by atoms with Crippen LogP contribution >= 0.6 is 0 Å². The molecule has 0 aromatic rings. The second-order valence-corrected chi connectivity index (χ2v) is 13.9. The lowest BCUT2D eigenvalue weighted by atomic mass is 9.36. The minimum Gasteiger partial charge on any atom is -0.481 e. The Morgan fingerprint density at radius 3 is 2.17 bits per heavy atom. The fourth-order valence-electron chi connectivity index (χ4n) is 10.5. The first-order valence-corrected chi connectivity index (χ1v) is 13.5. The second kappa shape index (κ2) is 7.52. The predicted octanol–water partition coefficient (Wildman–Crippen LogP) is 4.27. The van der Waals surface area contributed by atoms with E-state index in [9.17, 15) is 34.5 Å². The molecule has 0 heterocycles. The third-order valence-electron chi connectivity index (χ3n) is 11.9. The summed E-state index contributed by atoms with van der Waals surface area (Å²) in [6.07, 6.45) is 5.51. The van der Waals surface area contributed by atoms with Crippen molar-refractivity contribution in [1.29, 1.82) is 0 Å². The molecule has 0 aromatic heterocycles. The van der Waals surface area contributed by atoms with Crippen LogP contribution in [-0.2, 0) is 19.2 Å². The van der Waals surface area contributed by atoms with Crippen LogP contribution in [0.15, 0.2) is 11.6 Å². The Bertz CT molecular complexity index is 1090. The molecule has 9 unspecified atom stereocenters. The quantitative estimate of drug-likeness (QED) is 0.483. The van der Waals surface area contributed by atoms with Gasteiger partial charge in [-0.1, -0.05) is 39.3 Å². The summed E-state index contributed by atoms with van der Waals surface area (Å²) in [4.78, 5) is 51.5. The first-order valence-electron chi connectivity index (χ1n) is 13.5. The molecule has 0 amide bonds. The van der Waals surface area contributed by atoms with Gasteiger partial charge in [0.05, 0.1) is 16.9 Å². The maximum absolute atomic E-state index is 13.9. The third-order valence-corrected chi connectivity index (χ3v) is 11.9. The third kappa shape index (κ3) is 2.95. The van der Waals surface area contributed by atoms with E-state index in [2.05, 4.69) is 19.9 Å². The zero-order chi connectivity index (χ0) is 26.6. The molecule has 0 spiro atoms. The molecular formula is C29H40O7. The highest BCUT2D eigenvalue weighted by atomic mass is 16.4. The summed E-state index contributed by atoms with van der Waals surface area (Å²) in [5.41, 5.74) is -3.54. The van der Waals surface area contributed by atoms with Gasteiger partial charge in [-0.25, -0.2) is 0 Å². The standard InChI is InChI=1S/C29H40O7/c1-25(2)20(31)10-11-26(3)19-7-6-15-16(27(19,4)14-18(30)22(25)26)8-12-29(24(34)35)13-9-17(23(32)33)28(5,36)21(15)29/h6,16-17,19,21-22,36H,7-14H2,1-5H3,(H,32,33)(H,34,35). The number of fused-ring (bicyclic) bond motifs is 7. The topological polar surface area (TPSA) is 129 Å². The Morgan fingerprint density at radius 2 is 1.56 bits per heavy atom. The van der Waals surface area contributed by atoms with Gasteiger partial charge in [-0.05, 0) is 68.1 Å². The largest absolute Gasteiger partial charge is 0.481 e. The predicted molar refractivity (Wildman–Crippen MR) is 131 cm³/mol. The zero-order valence-electron chi connectivity index (χ0n) is 22.1. The van der Waals surface area contributed by atoms with Gasteiger partial charge in [0.25, 0.3) is 0 Å². The maximum atomic E-state index is 13.9. The van der Waals surface area contributed by atoms with E-state index < -0.39 is 45.6 Å². The number of Topliss-reactive ketones (excluding diaryl/α,β-unsaturated/α-hetero) is 2. The van der Waals surface area contributed by atoms with Gasteiger partial charge in [0.2, 0.25) is 0 Å². The van der Waals surface area contributed by atoms with Gasteiger partial charge in [0, 0.05) is 30.1 Å². The molecule has 0 bridgehead atoms. The second-order valence-electron chi connectivity index (χ2n) is 13.9. The first kappa shape index (κ1) is 25.6. The van der Waals surface area contributed by atoms with Gasteiger partial charge in [0.15, 0.2) is 0 Å². The van der Waals surface area contributed by atoms with Crippen LogP contribution in [0.4, 0.5) is 0 Å². The molecule has 4 saturated carbocycles. The number of hydrogen-bond acceptors (Lipinski definition) is 5. The molecule has 5 aliphatic carbocycles. The SMILES string of the molecule is CC1(C)C(=O)CCC2(C)C1C(=O)CC1(C)C3CCC4(C(=O)O)CCC(C(=O)O)C(C)(O)C4C3=CCC12. The Kier molecular flexibility index (Phi) is 5.35. The lowest BCUT2D eigenvalue weighted by Gasteiger charge is -2.67. The smallest absolute Gasteiger partial charge is 0.310 e. The lowest BCUT2D eigenvalue weighted by molar-refractivity contribution is -0.199. The minimum atomic E-state index is -1.71. The number of allylic oxidation sites excluding steroid dienone is 1. The maximum Gasteiger partial charge on any atom is 0.310 e. The summed E-state index contributed by atoms with van der Waals surface area (Å²) in [6, 6.07) is 0. The molecule has 198 valence electrons. The van der Waals surface area contributed by atoms with Crippen molar-refractivity contribution >= 4 is 23.5 Å². The van der Waals surface area contributed by atoms with E-state index >= 15 is 0 Å². The molecule has 5 rings (SSSR count). The van der Waals surface area contributed by atoms with Crippen molar-refractivity contribution in [1.82, 2.24) is 0 Å². The van der Waals surface area contributed by atoms with Crippen LogP contribution in [0, 0.1) is 51.2 Å². The Morgan fingerprint density at radius 1 is 0.917 bits per heavy atom. The zero-order valence-corrected chi connectivity index (χ0v) is 22.1. The number of carboxylic acid groups (broad SMARTS) is 2. The number of hydrogen-bond donors (Lipinski definition) is 3. The minimum absolute atomic E-state index is 0.102. The monoisotopic (exact) mass is 500 g/mol. The van der Waals surface area contributed by atoms with Gasteiger partial charge in [-0.3, -0.25) is 19.2 Å². The van der Waals surface area contributed by atoms with Crippen LogP contribution in [0.1, 0.15) is 86.0 Å². The van der Waals surface area contributed by atoms with Gasteiger partial charge in [-0.15, -0.1) is 0 Å². The van der Waals surface area contributed by atoms with E-state index in [4.69, 9.17) is 0 Å². The highest BCUT2D eigenvalue weighted by Crippen LogP contribution is 2.71. The number of ketones is 2. The first-order chi connectivity index (χ1) is 16.5. The van der Waals surface area contributed by atoms with E-state index in [1.807, 2.05) is 13.8 Å². The van der Waals surface area contributed by atoms with Crippen molar-refractivity contribution in [3.63, 3.8) is 0 Å². The number of carbonyl (C=O) groups is 4. The summed E-state index contributed by atoms with van der Waals surface area (Å²) in [7, 11) is 0. The van der Waals surface area contributed by atoms with Crippen LogP contribution in [0.2, 0.25) is 0 Å². The Balaban J connectivity index is 1.64. The van der Waals surface area contributed by atoms with Gasteiger partial charge < -0.3 is 15.3 Å². The van der Waals surface area contributed by atoms with E-state index in [-0.39, 0.29) is 47.6 Å². The average molecular weight is 501 g/mol. The van der Waals surface area contributed by atoms with Crippen LogP contribution in [0.25, 0.3) is 0 Å². The van der Waals surface area contributed by atoms with Crippen LogP contribution < -0.4 is 0 Å². The molecular weight excluding hydrogens is 460 g/mol. The van der Waals surface area contributed by atoms with Crippen molar-refractivity contribution in [3.05, 3.63) is 11.6 Å². The fraction of sp³-hybridized carbons (Fsp3) is 0.793. The number of carboxylic acids is 2. The summed E-state index contributed by atoms with van der Waals surface area (Å²) >= 11 is 0. The molecule has 36 heavy (non-hydrogen) atoms. The van der Waals surface area contributed by atoms with Crippen LogP contribution in [0.3, 0.4) is 0 Å². The number of aliphatic carboxylic acids is 2. The van der Waals surface area contributed by atoms with E-state index in [1.54, 1.807) is 0 Å². The van der Waals surface area contributed by atoms with Crippen molar-refractivity contribution < 1.29 is 34.5 Å². The summed E-state index contributed by atoms with van der Waals surface area (Å²) in [5, 5.41) is 32.0. The van der Waals surface area contributed by atoms with Crippen LogP contribution in [0.5, 0.6) is 0 Å². The molecule has 0 aliphatic heterocycles. The lowest BCUT2D eigenvalue weighted by Crippen LogP contribution is -2.67. The molecule has 0 radical (unpaired) electrons. The molecule has 0 saturated heterocycles. The number of rotatable bonds is 2. The summed E-state index contributed by atoms with van der Waals surface area (Å²) < 4.78 is 0. The fourth-order valence-corrected chi connectivity index (χ4v) is 10.5. The molecule has 7 heteroatoms. The van der Waals surface area contributed by atoms with Crippen LogP contribution in [-0.4, -0.2) is 44.4 Å². The summed E-state index contributed by atoms with van der Waals surface area (Å²) in [5.74, 6) is -3.94. The highest BCUT2D eigenvalue weighted by Gasteiger charge is 2.70. The van der Waals surface area contributed by atoms with Gasteiger partial charge >= 0.3 is 11.9 Å².